The predicted molar refractivity (Wildman–Crippen MR) is 86.2 cm³/mol. The first kappa shape index (κ1) is 17.0. The Balaban J connectivity index is 3.06. The summed E-state index contributed by atoms with van der Waals surface area (Å²) >= 11 is 0. The van der Waals surface area contributed by atoms with Gasteiger partial charge in [-0.25, -0.2) is 0 Å². The molecule has 114 valence electrons. The molecule has 0 spiro atoms. The molecule has 20 heavy (non-hydrogen) atoms. The van der Waals surface area contributed by atoms with E-state index in [0.29, 0.717) is 6.61 Å². The van der Waals surface area contributed by atoms with Crippen molar-refractivity contribution in [3.05, 3.63) is 29.8 Å². The van der Waals surface area contributed by atoms with Crippen LogP contribution in [0.15, 0.2) is 24.3 Å². The maximum absolute atomic E-state index is 6.60. The molecular weight excluding hydrogens is 248 g/mol. The molecule has 0 aromatic heterocycles. The second kappa shape index (κ2) is 7.65. The van der Waals surface area contributed by atoms with Crippen molar-refractivity contribution in [2.24, 2.45) is 5.73 Å². The smallest absolute Gasteiger partial charge is 0.119 e. The van der Waals surface area contributed by atoms with Crippen molar-refractivity contribution in [1.82, 2.24) is 4.90 Å². The van der Waals surface area contributed by atoms with Gasteiger partial charge in [0, 0.05) is 11.6 Å². The molecule has 2 N–H and O–H groups in total. The molecule has 1 aromatic rings. The van der Waals surface area contributed by atoms with Crippen LogP contribution in [0.4, 0.5) is 0 Å². The van der Waals surface area contributed by atoms with E-state index in [0.717, 1.165) is 30.8 Å². The number of nitrogens with zero attached hydrogens (tertiary/aromatic N) is 1. The number of hydrogen-bond acceptors (Lipinski definition) is 3. The third-order valence-corrected chi connectivity index (χ3v) is 4.40. The van der Waals surface area contributed by atoms with E-state index in [9.17, 15) is 0 Å². The van der Waals surface area contributed by atoms with Crippen LogP contribution in [0.5, 0.6) is 5.75 Å². The van der Waals surface area contributed by atoms with Crippen LogP contribution in [-0.4, -0.2) is 30.1 Å². The van der Waals surface area contributed by atoms with Gasteiger partial charge in [-0.3, -0.25) is 4.90 Å². The maximum Gasteiger partial charge on any atom is 0.119 e. The lowest BCUT2D eigenvalue weighted by Gasteiger charge is -2.44. The lowest BCUT2D eigenvalue weighted by Crippen LogP contribution is -2.52. The van der Waals surface area contributed by atoms with E-state index in [1.54, 1.807) is 0 Å². The van der Waals surface area contributed by atoms with E-state index in [1.165, 1.54) is 0 Å². The summed E-state index contributed by atoms with van der Waals surface area (Å²) < 4.78 is 5.59. The van der Waals surface area contributed by atoms with Crippen molar-refractivity contribution in [2.45, 2.75) is 52.6 Å². The minimum absolute atomic E-state index is 0.0205. The molecule has 0 radical (unpaired) electrons. The van der Waals surface area contributed by atoms with Crippen LogP contribution < -0.4 is 10.5 Å². The molecule has 2 unspecified atom stereocenters. The molecule has 0 aliphatic carbocycles. The van der Waals surface area contributed by atoms with E-state index in [1.807, 2.05) is 19.1 Å². The van der Waals surface area contributed by atoms with Crippen LogP contribution in [0.1, 0.15) is 52.6 Å². The van der Waals surface area contributed by atoms with Gasteiger partial charge in [-0.05, 0) is 51.1 Å². The zero-order chi connectivity index (χ0) is 15.2. The summed E-state index contributed by atoms with van der Waals surface area (Å²) in [6.07, 6.45) is 1.02. The summed E-state index contributed by atoms with van der Waals surface area (Å²) in [4.78, 5) is 2.45. The van der Waals surface area contributed by atoms with Crippen LogP contribution in [0.2, 0.25) is 0 Å². The highest BCUT2D eigenvalue weighted by atomic mass is 16.5. The zero-order valence-electron chi connectivity index (χ0n) is 13.6. The van der Waals surface area contributed by atoms with Crippen LogP contribution in [-0.2, 0) is 0 Å². The molecule has 0 aliphatic heterocycles. The van der Waals surface area contributed by atoms with Crippen LogP contribution in [0, 0.1) is 0 Å². The largest absolute Gasteiger partial charge is 0.494 e. The third kappa shape index (κ3) is 3.53. The van der Waals surface area contributed by atoms with Crippen LogP contribution in [0.25, 0.3) is 0 Å². The molecule has 3 heteroatoms. The van der Waals surface area contributed by atoms with Gasteiger partial charge < -0.3 is 10.5 Å². The van der Waals surface area contributed by atoms with Gasteiger partial charge in [-0.1, -0.05) is 32.9 Å². The fourth-order valence-corrected chi connectivity index (χ4v) is 2.91. The Morgan fingerprint density at radius 3 is 2.35 bits per heavy atom. The Kier molecular flexibility index (Phi) is 6.50. The first-order chi connectivity index (χ1) is 9.53. The Morgan fingerprint density at radius 1 is 1.20 bits per heavy atom. The van der Waals surface area contributed by atoms with Gasteiger partial charge in [-0.2, -0.15) is 0 Å². The van der Waals surface area contributed by atoms with Gasteiger partial charge in [0.25, 0.3) is 0 Å². The molecule has 1 rings (SSSR count). The van der Waals surface area contributed by atoms with Crippen molar-refractivity contribution < 1.29 is 4.74 Å². The summed E-state index contributed by atoms with van der Waals surface area (Å²) in [6.45, 7) is 13.6. The third-order valence-electron chi connectivity index (χ3n) is 4.40. The normalized spacial score (nSPS) is 15.9. The van der Waals surface area contributed by atoms with Crippen molar-refractivity contribution in [1.29, 1.82) is 0 Å². The zero-order valence-corrected chi connectivity index (χ0v) is 13.6. The van der Waals surface area contributed by atoms with Gasteiger partial charge in [0.15, 0.2) is 0 Å². The van der Waals surface area contributed by atoms with Gasteiger partial charge >= 0.3 is 0 Å². The Hall–Kier alpha value is -1.06. The molecule has 1 aromatic carbocycles. The number of ether oxygens (including phenoxy) is 1. The quantitative estimate of drug-likeness (QED) is 0.789. The lowest BCUT2D eigenvalue weighted by molar-refractivity contribution is 0.0843. The standard InChI is InChI=1S/C17H30N2O/c1-6-17(5,19(7-2)8-3)16(18)14-11-10-12-15(13-14)20-9-4/h10-13,16H,6-9,18H2,1-5H3. The number of likely N-dealkylation sites (N-methyl/N-ethyl adjacent to an activating group) is 1. The minimum Gasteiger partial charge on any atom is -0.494 e. The Labute approximate surface area is 124 Å². The highest BCUT2D eigenvalue weighted by Crippen LogP contribution is 2.33. The van der Waals surface area contributed by atoms with Gasteiger partial charge in [-0.15, -0.1) is 0 Å². The second-order valence-electron chi connectivity index (χ2n) is 5.37. The average molecular weight is 278 g/mol. The predicted octanol–water partition coefficient (Wildman–Crippen LogP) is 3.60. The van der Waals surface area contributed by atoms with E-state index in [-0.39, 0.29) is 11.6 Å². The van der Waals surface area contributed by atoms with Gasteiger partial charge in [0.05, 0.1) is 6.61 Å². The number of benzene rings is 1. The summed E-state index contributed by atoms with van der Waals surface area (Å²) in [5.74, 6) is 0.901. The van der Waals surface area contributed by atoms with Crippen molar-refractivity contribution in [2.75, 3.05) is 19.7 Å². The summed E-state index contributed by atoms with van der Waals surface area (Å²) in [6, 6.07) is 8.17. The maximum atomic E-state index is 6.60. The number of rotatable bonds is 8. The molecule has 0 heterocycles. The number of nitrogens with two attached hydrogens (primary N) is 1. The Morgan fingerprint density at radius 2 is 1.85 bits per heavy atom. The fraction of sp³-hybridized carbons (Fsp3) is 0.647. The molecule has 0 fully saturated rings. The molecule has 0 bridgehead atoms. The van der Waals surface area contributed by atoms with E-state index in [2.05, 4.69) is 44.7 Å². The van der Waals surface area contributed by atoms with Crippen LogP contribution >= 0.6 is 0 Å². The molecule has 0 saturated heterocycles. The van der Waals surface area contributed by atoms with E-state index >= 15 is 0 Å². The molecule has 0 saturated carbocycles. The molecule has 2 atom stereocenters. The Bertz CT molecular complexity index is 404. The summed E-state index contributed by atoms with van der Waals surface area (Å²) in [7, 11) is 0. The average Bonchev–Trinajstić information content (AvgIpc) is 2.48. The van der Waals surface area contributed by atoms with Gasteiger partial charge in [0.1, 0.15) is 5.75 Å². The molecule has 0 amide bonds. The second-order valence-corrected chi connectivity index (χ2v) is 5.37. The van der Waals surface area contributed by atoms with Gasteiger partial charge in [0.2, 0.25) is 0 Å². The number of hydrogen-bond donors (Lipinski definition) is 1. The van der Waals surface area contributed by atoms with E-state index in [4.69, 9.17) is 10.5 Å². The monoisotopic (exact) mass is 278 g/mol. The first-order valence-electron chi connectivity index (χ1n) is 7.76. The SMILES string of the molecule is CCOc1cccc(C(N)C(C)(CC)N(CC)CC)c1. The minimum atomic E-state index is -0.0334. The highest BCUT2D eigenvalue weighted by molar-refractivity contribution is 5.32. The molecular formula is C17H30N2O. The van der Waals surface area contributed by atoms with E-state index < -0.39 is 0 Å². The molecule has 3 nitrogen and oxygen atoms in total. The van der Waals surface area contributed by atoms with Crippen molar-refractivity contribution in [3.63, 3.8) is 0 Å². The fourth-order valence-electron chi connectivity index (χ4n) is 2.91. The lowest BCUT2D eigenvalue weighted by atomic mass is 9.83. The van der Waals surface area contributed by atoms with Crippen LogP contribution in [0.3, 0.4) is 0 Å². The highest BCUT2D eigenvalue weighted by Gasteiger charge is 2.35. The summed E-state index contributed by atoms with van der Waals surface area (Å²) in [5, 5.41) is 0. The first-order valence-corrected chi connectivity index (χ1v) is 7.76. The van der Waals surface area contributed by atoms with Crippen molar-refractivity contribution >= 4 is 0 Å². The van der Waals surface area contributed by atoms with Crippen molar-refractivity contribution in [3.8, 4) is 5.75 Å². The topological polar surface area (TPSA) is 38.5 Å². The summed E-state index contributed by atoms with van der Waals surface area (Å²) in [5.41, 5.74) is 7.72. The molecule has 0 aliphatic rings.